The van der Waals surface area contributed by atoms with E-state index < -0.39 is 5.60 Å². The van der Waals surface area contributed by atoms with Crippen LogP contribution in [0.5, 0.6) is 0 Å². The highest BCUT2D eigenvalue weighted by Crippen LogP contribution is 2.30. The Balaban J connectivity index is 1.72. The number of amides is 1. The van der Waals surface area contributed by atoms with Crippen LogP contribution in [0.15, 0.2) is 12.1 Å². The van der Waals surface area contributed by atoms with E-state index in [0.717, 1.165) is 22.1 Å². The summed E-state index contributed by atoms with van der Waals surface area (Å²) >= 11 is 1.71. The van der Waals surface area contributed by atoms with Crippen LogP contribution in [0.1, 0.15) is 37.0 Å². The zero-order valence-electron chi connectivity index (χ0n) is 12.7. The van der Waals surface area contributed by atoms with Gasteiger partial charge >= 0.3 is 6.09 Å². The summed E-state index contributed by atoms with van der Waals surface area (Å²) in [6.45, 7) is 8.73. The van der Waals surface area contributed by atoms with Crippen LogP contribution in [0.3, 0.4) is 0 Å². The number of carbonyl (C=O) groups excluding carboxylic acids is 1. The maximum atomic E-state index is 12.0. The van der Waals surface area contributed by atoms with Gasteiger partial charge in [-0.15, -0.1) is 11.3 Å². The summed E-state index contributed by atoms with van der Waals surface area (Å²) in [6, 6.07) is 4.15. The number of hydrogen-bond donors (Lipinski definition) is 1. The molecule has 3 heterocycles. The Morgan fingerprint density at radius 3 is 2.71 bits per heavy atom. The van der Waals surface area contributed by atoms with Crippen LogP contribution in [0.25, 0.3) is 10.7 Å². The van der Waals surface area contributed by atoms with Gasteiger partial charge in [0, 0.05) is 4.88 Å². The summed E-state index contributed by atoms with van der Waals surface area (Å²) in [5.41, 5.74) is 1.46. The van der Waals surface area contributed by atoms with Gasteiger partial charge in [0.25, 0.3) is 0 Å². The molecule has 0 unspecified atom stereocenters. The lowest BCUT2D eigenvalue weighted by Crippen LogP contribution is -2.33. The van der Waals surface area contributed by atoms with Gasteiger partial charge in [-0.25, -0.2) is 9.78 Å². The van der Waals surface area contributed by atoms with Crippen molar-refractivity contribution in [3.63, 3.8) is 0 Å². The van der Waals surface area contributed by atoms with E-state index in [9.17, 15) is 4.79 Å². The molecular weight excluding hydrogens is 286 g/mol. The number of aryl methyl sites for hydroxylation is 1. The monoisotopic (exact) mass is 305 g/mol. The summed E-state index contributed by atoms with van der Waals surface area (Å²) in [4.78, 5) is 24.0. The van der Waals surface area contributed by atoms with E-state index in [2.05, 4.69) is 29.0 Å². The first-order valence-corrected chi connectivity index (χ1v) is 7.76. The minimum absolute atomic E-state index is 0.289. The number of hydrogen-bond acceptors (Lipinski definition) is 4. The van der Waals surface area contributed by atoms with E-state index in [1.54, 1.807) is 16.2 Å². The standard InChI is InChI=1S/C15H19N3O2S/c1-9-5-6-12(21-9)13-16-10-7-18(8-11(10)17-13)14(19)20-15(2,3)4/h5-6H,7-8H2,1-4H3,(H,16,17). The SMILES string of the molecule is Cc1ccc(-c2nc3c([nH]2)CN(C(=O)OC(C)(C)C)C3)s1. The fourth-order valence-electron chi connectivity index (χ4n) is 2.27. The number of nitrogens with zero attached hydrogens (tertiary/aromatic N) is 2. The van der Waals surface area contributed by atoms with Gasteiger partial charge < -0.3 is 9.72 Å². The first kappa shape index (κ1) is 14.1. The lowest BCUT2D eigenvalue weighted by atomic mass is 10.2. The van der Waals surface area contributed by atoms with E-state index in [-0.39, 0.29) is 6.09 Å². The molecule has 2 aromatic heterocycles. The molecule has 21 heavy (non-hydrogen) atoms. The quantitative estimate of drug-likeness (QED) is 0.874. The number of nitrogens with one attached hydrogen (secondary N) is 1. The molecule has 1 N–H and O–H groups in total. The van der Waals surface area contributed by atoms with Gasteiger partial charge in [0.05, 0.1) is 29.4 Å². The maximum Gasteiger partial charge on any atom is 0.410 e. The number of thiophene rings is 1. The molecule has 0 fully saturated rings. The van der Waals surface area contributed by atoms with E-state index in [0.29, 0.717) is 13.1 Å². The van der Waals surface area contributed by atoms with Gasteiger partial charge in [-0.2, -0.15) is 0 Å². The predicted octanol–water partition coefficient (Wildman–Crippen LogP) is 3.70. The van der Waals surface area contributed by atoms with Gasteiger partial charge in [0.2, 0.25) is 0 Å². The van der Waals surface area contributed by atoms with Gasteiger partial charge in [0.15, 0.2) is 0 Å². The molecule has 5 nitrogen and oxygen atoms in total. The highest BCUT2D eigenvalue weighted by molar-refractivity contribution is 7.15. The van der Waals surface area contributed by atoms with Crippen LogP contribution in [0, 0.1) is 6.92 Å². The lowest BCUT2D eigenvalue weighted by molar-refractivity contribution is 0.0239. The van der Waals surface area contributed by atoms with E-state index in [4.69, 9.17) is 4.74 Å². The second-order valence-electron chi connectivity index (χ2n) is 6.26. The summed E-state index contributed by atoms with van der Waals surface area (Å²) < 4.78 is 5.39. The number of carbonyl (C=O) groups is 1. The smallest absolute Gasteiger partial charge is 0.410 e. The van der Waals surface area contributed by atoms with Crippen LogP contribution in [0.4, 0.5) is 4.79 Å². The Kier molecular flexibility index (Phi) is 3.28. The van der Waals surface area contributed by atoms with Gasteiger partial charge in [-0.3, -0.25) is 4.90 Å². The Bertz CT molecular complexity index is 658. The number of rotatable bonds is 1. The largest absolute Gasteiger partial charge is 0.444 e. The normalized spacial score (nSPS) is 14.4. The molecular formula is C15H19N3O2S. The maximum absolute atomic E-state index is 12.0. The predicted molar refractivity (Wildman–Crippen MR) is 82.1 cm³/mol. The Morgan fingerprint density at radius 1 is 1.38 bits per heavy atom. The van der Waals surface area contributed by atoms with E-state index in [1.807, 2.05) is 20.8 Å². The molecule has 0 aromatic carbocycles. The number of aromatic nitrogens is 2. The summed E-state index contributed by atoms with van der Waals surface area (Å²) in [7, 11) is 0. The molecule has 0 bridgehead atoms. The van der Waals surface area contributed by atoms with Crippen molar-refractivity contribution in [3.05, 3.63) is 28.4 Å². The third-order valence-electron chi connectivity index (χ3n) is 3.18. The molecule has 1 aliphatic heterocycles. The highest BCUT2D eigenvalue weighted by Gasteiger charge is 2.30. The third kappa shape index (κ3) is 2.95. The van der Waals surface area contributed by atoms with Crippen molar-refractivity contribution < 1.29 is 9.53 Å². The van der Waals surface area contributed by atoms with Gasteiger partial charge in [-0.1, -0.05) is 0 Å². The Labute approximate surface area is 128 Å². The average molecular weight is 305 g/mol. The van der Waals surface area contributed by atoms with Gasteiger partial charge in [-0.05, 0) is 39.8 Å². The number of ether oxygens (including phenoxy) is 1. The third-order valence-corrected chi connectivity index (χ3v) is 4.19. The van der Waals surface area contributed by atoms with E-state index in [1.165, 1.54) is 4.88 Å². The molecule has 0 radical (unpaired) electrons. The minimum Gasteiger partial charge on any atom is -0.444 e. The van der Waals surface area contributed by atoms with E-state index >= 15 is 0 Å². The second kappa shape index (κ2) is 4.87. The molecule has 3 rings (SSSR count). The molecule has 0 atom stereocenters. The van der Waals surface area contributed by atoms with Crippen molar-refractivity contribution in [2.24, 2.45) is 0 Å². The number of fused-ring (bicyclic) bond motifs is 1. The van der Waals surface area contributed by atoms with Crippen LogP contribution >= 0.6 is 11.3 Å². The van der Waals surface area contributed by atoms with Crippen LogP contribution in [0.2, 0.25) is 0 Å². The number of imidazole rings is 1. The van der Waals surface area contributed by atoms with Crippen molar-refractivity contribution in [1.29, 1.82) is 0 Å². The molecule has 0 aliphatic carbocycles. The topological polar surface area (TPSA) is 58.2 Å². The lowest BCUT2D eigenvalue weighted by Gasteiger charge is -2.24. The fraction of sp³-hybridized carbons (Fsp3) is 0.467. The van der Waals surface area contributed by atoms with Crippen LogP contribution in [-0.4, -0.2) is 26.6 Å². The minimum atomic E-state index is -0.472. The molecule has 6 heteroatoms. The van der Waals surface area contributed by atoms with Gasteiger partial charge in [0.1, 0.15) is 11.4 Å². The van der Waals surface area contributed by atoms with Crippen molar-refractivity contribution in [3.8, 4) is 10.7 Å². The first-order chi connectivity index (χ1) is 9.82. The van der Waals surface area contributed by atoms with Crippen LogP contribution in [-0.2, 0) is 17.8 Å². The van der Waals surface area contributed by atoms with Crippen molar-refractivity contribution >= 4 is 17.4 Å². The Hall–Kier alpha value is -1.82. The molecule has 0 spiro atoms. The van der Waals surface area contributed by atoms with Crippen molar-refractivity contribution in [2.45, 2.75) is 46.4 Å². The van der Waals surface area contributed by atoms with Crippen molar-refractivity contribution in [1.82, 2.24) is 14.9 Å². The molecule has 1 aliphatic rings. The summed E-state index contributed by atoms with van der Waals surface area (Å²) in [5, 5.41) is 0. The highest BCUT2D eigenvalue weighted by atomic mass is 32.1. The first-order valence-electron chi connectivity index (χ1n) is 6.94. The zero-order valence-corrected chi connectivity index (χ0v) is 13.5. The fourth-order valence-corrected chi connectivity index (χ4v) is 3.08. The zero-order chi connectivity index (χ0) is 15.2. The molecule has 0 saturated carbocycles. The Morgan fingerprint density at radius 2 is 2.14 bits per heavy atom. The molecule has 2 aromatic rings. The number of H-pyrrole nitrogens is 1. The average Bonchev–Trinajstić information content (AvgIpc) is 2.98. The second-order valence-corrected chi connectivity index (χ2v) is 7.55. The van der Waals surface area contributed by atoms with Crippen LogP contribution < -0.4 is 0 Å². The summed E-state index contributed by atoms with van der Waals surface area (Å²) in [5.74, 6) is 0.891. The molecule has 112 valence electrons. The molecule has 0 saturated heterocycles. The van der Waals surface area contributed by atoms with Crippen molar-refractivity contribution in [2.75, 3.05) is 0 Å². The summed E-state index contributed by atoms with van der Waals surface area (Å²) in [6.07, 6.45) is -0.289. The molecule has 1 amide bonds. The number of aromatic amines is 1.